The molecule has 0 spiro atoms. The van der Waals surface area contributed by atoms with E-state index in [4.69, 9.17) is 4.74 Å². The molecular formula is C18H10F4N4O2. The van der Waals surface area contributed by atoms with Crippen LogP contribution < -0.4 is 10.3 Å². The molecule has 0 N–H and O–H groups in total. The molecule has 0 bridgehead atoms. The van der Waals surface area contributed by atoms with Crippen molar-refractivity contribution in [2.75, 3.05) is 0 Å². The van der Waals surface area contributed by atoms with Crippen molar-refractivity contribution in [2.24, 2.45) is 7.05 Å². The number of hydrogen-bond donors (Lipinski definition) is 0. The lowest BCUT2D eigenvalue weighted by Crippen LogP contribution is -2.22. The van der Waals surface area contributed by atoms with Crippen molar-refractivity contribution >= 4 is 11.2 Å². The number of hydrogen-bond acceptors (Lipinski definition) is 4. The normalized spacial score (nSPS) is 11.2. The van der Waals surface area contributed by atoms with Crippen LogP contribution in [0.2, 0.25) is 0 Å². The summed E-state index contributed by atoms with van der Waals surface area (Å²) >= 11 is 0. The van der Waals surface area contributed by atoms with Gasteiger partial charge in [-0.3, -0.25) is 4.79 Å². The zero-order valence-corrected chi connectivity index (χ0v) is 14.2. The minimum Gasteiger partial charge on any atom is -0.425 e. The lowest BCUT2D eigenvalue weighted by molar-refractivity contribution is 0.401. The van der Waals surface area contributed by atoms with Gasteiger partial charge >= 0.3 is 6.01 Å². The van der Waals surface area contributed by atoms with Crippen LogP contribution >= 0.6 is 0 Å². The van der Waals surface area contributed by atoms with E-state index in [0.717, 1.165) is 16.7 Å². The van der Waals surface area contributed by atoms with Crippen molar-refractivity contribution in [3.05, 3.63) is 76.3 Å². The van der Waals surface area contributed by atoms with Crippen LogP contribution in [0.5, 0.6) is 11.8 Å². The van der Waals surface area contributed by atoms with E-state index in [1.165, 1.54) is 23.0 Å². The Morgan fingerprint density at radius 2 is 1.64 bits per heavy atom. The van der Waals surface area contributed by atoms with Crippen LogP contribution in [0.25, 0.3) is 16.9 Å². The quantitative estimate of drug-likeness (QED) is 0.397. The van der Waals surface area contributed by atoms with Crippen LogP contribution in [-0.4, -0.2) is 19.1 Å². The molecule has 0 radical (unpaired) electrons. The van der Waals surface area contributed by atoms with Crippen molar-refractivity contribution in [3.8, 4) is 17.4 Å². The second-order valence-corrected chi connectivity index (χ2v) is 5.84. The number of benzene rings is 2. The third-order valence-electron chi connectivity index (χ3n) is 3.96. The number of aromatic nitrogens is 4. The Labute approximate surface area is 154 Å². The molecule has 2 aromatic carbocycles. The fourth-order valence-corrected chi connectivity index (χ4v) is 2.62. The Hall–Kier alpha value is -3.69. The third-order valence-corrected chi connectivity index (χ3v) is 3.96. The number of fused-ring (bicyclic) bond motifs is 1. The summed E-state index contributed by atoms with van der Waals surface area (Å²) in [5, 5.41) is 0. The number of aryl methyl sites for hydroxylation is 1. The van der Waals surface area contributed by atoms with Crippen molar-refractivity contribution in [1.29, 1.82) is 0 Å². The minimum atomic E-state index is -1.65. The predicted octanol–water partition coefficient (Wildman–Crippen LogP) is 3.47. The molecule has 4 rings (SSSR count). The zero-order valence-electron chi connectivity index (χ0n) is 14.2. The minimum absolute atomic E-state index is 0.00985. The summed E-state index contributed by atoms with van der Waals surface area (Å²) in [5.74, 6) is -5.53. The van der Waals surface area contributed by atoms with E-state index in [-0.39, 0.29) is 22.9 Å². The molecule has 0 aliphatic rings. The fraction of sp³-hybridized carbons (Fsp3) is 0.0556. The summed E-state index contributed by atoms with van der Waals surface area (Å²) in [4.78, 5) is 21.0. The monoisotopic (exact) mass is 390 g/mol. The molecular weight excluding hydrogens is 380 g/mol. The first kappa shape index (κ1) is 17.7. The first-order valence-electron chi connectivity index (χ1n) is 7.87. The second kappa shape index (κ2) is 6.48. The molecule has 0 saturated carbocycles. The fourth-order valence-electron chi connectivity index (χ4n) is 2.62. The van der Waals surface area contributed by atoms with Gasteiger partial charge in [0, 0.05) is 19.2 Å². The van der Waals surface area contributed by atoms with Crippen molar-refractivity contribution in [3.63, 3.8) is 0 Å². The third kappa shape index (κ3) is 2.88. The van der Waals surface area contributed by atoms with Crippen molar-refractivity contribution in [2.45, 2.75) is 0 Å². The maximum atomic E-state index is 13.5. The van der Waals surface area contributed by atoms with E-state index >= 15 is 0 Å². The SMILES string of the molecule is Cn1cnc2c(=O)n(-c3ccc(F)cc3)c(Oc3cc(F)c(F)c(F)c3)nc21. The highest BCUT2D eigenvalue weighted by Gasteiger charge is 2.19. The molecule has 0 aliphatic heterocycles. The summed E-state index contributed by atoms with van der Waals surface area (Å²) in [6.45, 7) is 0. The number of imidazole rings is 1. The van der Waals surface area contributed by atoms with Gasteiger partial charge in [-0.25, -0.2) is 27.1 Å². The average molecular weight is 390 g/mol. The second-order valence-electron chi connectivity index (χ2n) is 5.84. The van der Waals surface area contributed by atoms with Gasteiger partial charge in [-0.2, -0.15) is 4.98 Å². The van der Waals surface area contributed by atoms with Gasteiger partial charge in [-0.05, 0) is 24.3 Å². The average Bonchev–Trinajstić information content (AvgIpc) is 3.02. The summed E-state index contributed by atoms with van der Waals surface area (Å²) in [7, 11) is 1.59. The highest BCUT2D eigenvalue weighted by atomic mass is 19.2. The summed E-state index contributed by atoms with van der Waals surface area (Å²) in [6.07, 6.45) is 1.36. The molecule has 0 saturated heterocycles. The number of nitrogens with zero attached hydrogens (tertiary/aromatic N) is 4. The van der Waals surface area contributed by atoms with E-state index in [2.05, 4.69) is 9.97 Å². The highest BCUT2D eigenvalue weighted by Crippen LogP contribution is 2.26. The van der Waals surface area contributed by atoms with Crippen LogP contribution in [0.1, 0.15) is 0 Å². The maximum Gasteiger partial charge on any atom is 0.311 e. The van der Waals surface area contributed by atoms with Gasteiger partial charge in [0.15, 0.2) is 28.6 Å². The van der Waals surface area contributed by atoms with E-state index in [0.29, 0.717) is 12.1 Å². The summed E-state index contributed by atoms with van der Waals surface area (Å²) < 4.78 is 61.3. The van der Waals surface area contributed by atoms with Crippen molar-refractivity contribution < 1.29 is 22.3 Å². The van der Waals surface area contributed by atoms with Crippen LogP contribution in [0.15, 0.2) is 47.5 Å². The van der Waals surface area contributed by atoms with Gasteiger partial charge in [0.2, 0.25) is 0 Å². The van der Waals surface area contributed by atoms with Gasteiger partial charge in [-0.15, -0.1) is 0 Å². The van der Waals surface area contributed by atoms with E-state index in [1.807, 2.05) is 0 Å². The lowest BCUT2D eigenvalue weighted by atomic mass is 10.3. The molecule has 0 aliphatic carbocycles. The van der Waals surface area contributed by atoms with Crippen LogP contribution in [0, 0.1) is 23.3 Å². The Balaban J connectivity index is 1.95. The topological polar surface area (TPSA) is 61.9 Å². The zero-order chi connectivity index (χ0) is 20.0. The largest absolute Gasteiger partial charge is 0.425 e. The number of rotatable bonds is 3. The molecule has 6 nitrogen and oxygen atoms in total. The molecule has 0 fully saturated rings. The standard InChI is InChI=1S/C18H10F4N4O2/c1-25-8-23-15-16(25)24-18(28-11-6-12(20)14(22)13(21)7-11)26(17(15)27)10-4-2-9(19)3-5-10/h2-8H,1H3. The highest BCUT2D eigenvalue weighted by molar-refractivity contribution is 5.70. The van der Waals surface area contributed by atoms with E-state index in [9.17, 15) is 22.4 Å². The van der Waals surface area contributed by atoms with E-state index < -0.39 is 34.6 Å². The van der Waals surface area contributed by atoms with Crippen LogP contribution in [-0.2, 0) is 7.05 Å². The lowest BCUT2D eigenvalue weighted by Gasteiger charge is -2.13. The Morgan fingerprint density at radius 3 is 2.29 bits per heavy atom. The van der Waals surface area contributed by atoms with Gasteiger partial charge in [0.1, 0.15) is 11.6 Å². The molecule has 2 heterocycles. The Morgan fingerprint density at radius 1 is 1.00 bits per heavy atom. The Kier molecular flexibility index (Phi) is 4.10. The summed E-state index contributed by atoms with van der Waals surface area (Å²) in [6, 6.07) is 5.70. The van der Waals surface area contributed by atoms with Crippen LogP contribution in [0.3, 0.4) is 0 Å². The smallest absolute Gasteiger partial charge is 0.311 e. The Bertz CT molecular complexity index is 1240. The number of halogens is 4. The predicted molar refractivity (Wildman–Crippen MR) is 90.5 cm³/mol. The first-order valence-corrected chi connectivity index (χ1v) is 7.87. The van der Waals surface area contributed by atoms with Gasteiger partial charge < -0.3 is 9.30 Å². The molecule has 0 amide bonds. The molecule has 142 valence electrons. The first-order chi connectivity index (χ1) is 13.3. The van der Waals surface area contributed by atoms with Gasteiger partial charge in [0.05, 0.1) is 12.0 Å². The molecule has 2 aromatic heterocycles. The van der Waals surface area contributed by atoms with E-state index in [1.54, 1.807) is 7.05 Å². The number of ether oxygens (including phenoxy) is 1. The molecule has 28 heavy (non-hydrogen) atoms. The summed E-state index contributed by atoms with van der Waals surface area (Å²) in [5.41, 5.74) is -0.295. The maximum absolute atomic E-state index is 13.5. The van der Waals surface area contributed by atoms with Crippen molar-refractivity contribution in [1.82, 2.24) is 19.1 Å². The molecule has 0 atom stereocenters. The van der Waals surface area contributed by atoms with Gasteiger partial charge in [0.25, 0.3) is 5.56 Å². The molecule has 0 unspecified atom stereocenters. The molecule has 4 aromatic rings. The van der Waals surface area contributed by atoms with Gasteiger partial charge in [-0.1, -0.05) is 0 Å². The van der Waals surface area contributed by atoms with Crippen LogP contribution in [0.4, 0.5) is 17.6 Å². The molecule has 10 heteroatoms.